The van der Waals surface area contributed by atoms with E-state index in [4.69, 9.17) is 4.42 Å². The summed E-state index contributed by atoms with van der Waals surface area (Å²) < 4.78 is 6.23. The predicted molar refractivity (Wildman–Crippen MR) is 109 cm³/mol. The van der Waals surface area contributed by atoms with Gasteiger partial charge in [-0.3, -0.25) is 0 Å². The van der Waals surface area contributed by atoms with Gasteiger partial charge >= 0.3 is 11.8 Å². The zero-order valence-corrected chi connectivity index (χ0v) is 15.1. The van der Waals surface area contributed by atoms with Gasteiger partial charge in [0.05, 0.1) is 11.9 Å². The van der Waals surface area contributed by atoms with Gasteiger partial charge in [0.15, 0.2) is 5.58 Å². The van der Waals surface area contributed by atoms with Crippen LogP contribution in [0, 0.1) is 6.92 Å². The number of anilines is 1. The molecule has 0 aliphatic rings. The van der Waals surface area contributed by atoms with Gasteiger partial charge in [-0.05, 0) is 42.3 Å². The molecule has 0 aliphatic heterocycles. The molecule has 0 aliphatic carbocycles. The normalized spacial score (nSPS) is 11.2. The second-order valence-electron chi connectivity index (χ2n) is 6.26. The Bertz CT molecular complexity index is 1210. The minimum Gasteiger partial charge on any atom is -0.407 e. The Morgan fingerprint density at radius 3 is 2.39 bits per heavy atom. The number of fused-ring (bicyclic) bond motifs is 1. The van der Waals surface area contributed by atoms with Crippen LogP contribution in [-0.4, -0.2) is 16.8 Å². The Labute approximate surface area is 160 Å². The van der Waals surface area contributed by atoms with Gasteiger partial charge in [-0.15, -0.1) is 0 Å². The van der Waals surface area contributed by atoms with Crippen molar-refractivity contribution in [2.45, 2.75) is 6.92 Å². The van der Waals surface area contributed by atoms with E-state index in [-0.39, 0.29) is 0 Å². The summed E-state index contributed by atoms with van der Waals surface area (Å²) in [5, 5.41) is 5.53. The van der Waals surface area contributed by atoms with Crippen molar-refractivity contribution in [3.05, 3.63) is 101 Å². The van der Waals surface area contributed by atoms with Crippen LogP contribution in [0.5, 0.6) is 0 Å². The molecule has 4 rings (SSSR count). The number of aromatic nitrogens is 1. The summed E-state index contributed by atoms with van der Waals surface area (Å²) >= 11 is 0. The predicted octanol–water partition coefficient (Wildman–Crippen LogP) is 4.41. The van der Waals surface area contributed by atoms with Gasteiger partial charge in [0.1, 0.15) is 5.52 Å². The number of amides is 1. The molecule has 0 saturated carbocycles. The topological polar surface area (TPSA) is 67.8 Å². The quantitative estimate of drug-likeness (QED) is 0.396. The van der Waals surface area contributed by atoms with E-state index in [9.17, 15) is 9.59 Å². The molecule has 4 aromatic rings. The highest BCUT2D eigenvalue weighted by Gasteiger charge is 2.23. The van der Waals surface area contributed by atoms with Crippen LogP contribution in [0.3, 0.4) is 0 Å². The largest absolute Gasteiger partial charge is 0.428 e. The van der Waals surface area contributed by atoms with Crippen molar-refractivity contribution in [2.75, 3.05) is 5.01 Å². The number of aryl methyl sites for hydroxylation is 1. The van der Waals surface area contributed by atoms with Crippen LogP contribution in [0.2, 0.25) is 0 Å². The number of nitrogens with zero attached hydrogens (tertiary/aromatic N) is 3. The lowest BCUT2D eigenvalue weighted by Crippen LogP contribution is -2.35. The first-order valence-electron chi connectivity index (χ1n) is 8.74. The van der Waals surface area contributed by atoms with Crippen molar-refractivity contribution in [1.29, 1.82) is 0 Å². The lowest BCUT2D eigenvalue weighted by Gasteiger charge is -2.17. The Hall–Kier alpha value is -3.93. The van der Waals surface area contributed by atoms with E-state index in [2.05, 4.69) is 5.10 Å². The number of oxazole rings is 1. The first kappa shape index (κ1) is 17.5. The summed E-state index contributed by atoms with van der Waals surface area (Å²) in [4.78, 5) is 25.7. The molecule has 0 fully saturated rings. The van der Waals surface area contributed by atoms with E-state index in [1.165, 1.54) is 5.01 Å². The first-order valence-corrected chi connectivity index (χ1v) is 8.74. The second-order valence-corrected chi connectivity index (χ2v) is 6.26. The molecule has 0 atom stereocenters. The van der Waals surface area contributed by atoms with Crippen molar-refractivity contribution < 1.29 is 9.21 Å². The van der Waals surface area contributed by atoms with Crippen molar-refractivity contribution in [3.63, 3.8) is 0 Å². The van der Waals surface area contributed by atoms with E-state index in [1.54, 1.807) is 42.6 Å². The molecule has 0 radical (unpaired) electrons. The van der Waals surface area contributed by atoms with Crippen LogP contribution in [0.25, 0.3) is 11.1 Å². The van der Waals surface area contributed by atoms with Gasteiger partial charge in [0, 0.05) is 0 Å². The van der Waals surface area contributed by atoms with Crippen molar-refractivity contribution in [1.82, 2.24) is 4.57 Å². The molecular weight excluding hydrogens is 354 g/mol. The van der Waals surface area contributed by atoms with E-state index < -0.39 is 11.8 Å². The minimum absolute atomic E-state index is 0.351. The molecule has 1 heterocycles. The van der Waals surface area contributed by atoms with E-state index in [1.807, 2.05) is 49.4 Å². The highest BCUT2D eigenvalue weighted by Crippen LogP contribution is 2.19. The number of hydrogen-bond donors (Lipinski definition) is 0. The summed E-state index contributed by atoms with van der Waals surface area (Å²) in [6, 6.07) is 23.0. The zero-order valence-electron chi connectivity index (χ0n) is 15.1. The third kappa shape index (κ3) is 3.35. The maximum absolute atomic E-state index is 13.3. The van der Waals surface area contributed by atoms with Crippen LogP contribution in [0.15, 0.2) is 93.2 Å². The maximum Gasteiger partial charge on any atom is 0.428 e. The summed E-state index contributed by atoms with van der Waals surface area (Å²) in [6.07, 6.45) is 1.57. The highest BCUT2D eigenvalue weighted by atomic mass is 16.4. The number of benzene rings is 3. The summed E-state index contributed by atoms with van der Waals surface area (Å²) in [7, 11) is 0. The number of para-hydroxylation sites is 1. The lowest BCUT2D eigenvalue weighted by atomic mass is 10.2. The Balaban J connectivity index is 1.82. The lowest BCUT2D eigenvalue weighted by molar-refractivity contribution is 0.247. The number of hydrogen-bond acceptors (Lipinski definition) is 4. The molecule has 6 heteroatoms. The number of rotatable bonds is 3. The standard InChI is InChI=1S/C22H17N3O3/c1-16-12-13-20-19(14-16)24(22(27)28-20)21(26)25(18-10-6-3-7-11-18)23-15-17-8-4-2-5-9-17/h2-15H,1H3/b23-15+. The summed E-state index contributed by atoms with van der Waals surface area (Å²) in [5.41, 5.74) is 3.04. The van der Waals surface area contributed by atoms with Crippen LogP contribution in [-0.2, 0) is 0 Å². The summed E-state index contributed by atoms with van der Waals surface area (Å²) in [5.74, 6) is -0.749. The molecule has 0 N–H and O–H groups in total. The number of carbonyl (C=O) groups excluding carboxylic acids is 1. The minimum atomic E-state index is -0.749. The van der Waals surface area contributed by atoms with Crippen molar-refractivity contribution >= 4 is 29.0 Å². The van der Waals surface area contributed by atoms with Gasteiger partial charge in [0.2, 0.25) is 0 Å². The fourth-order valence-corrected chi connectivity index (χ4v) is 2.86. The highest BCUT2D eigenvalue weighted by molar-refractivity contribution is 5.99. The molecule has 6 nitrogen and oxygen atoms in total. The van der Waals surface area contributed by atoms with Crippen molar-refractivity contribution in [3.8, 4) is 0 Å². The van der Waals surface area contributed by atoms with Crippen LogP contribution < -0.4 is 10.8 Å². The molecule has 0 unspecified atom stereocenters. The number of carbonyl (C=O) groups is 1. The molecule has 0 bridgehead atoms. The average molecular weight is 371 g/mol. The van der Waals surface area contributed by atoms with E-state index >= 15 is 0 Å². The third-order valence-corrected chi connectivity index (χ3v) is 4.23. The SMILES string of the molecule is Cc1ccc2oc(=O)n(C(=O)N(/N=C/c3ccccc3)c3ccccc3)c2c1. The molecule has 1 aromatic heterocycles. The molecule has 1 amide bonds. The molecule has 28 heavy (non-hydrogen) atoms. The smallest absolute Gasteiger partial charge is 0.407 e. The Morgan fingerprint density at radius 2 is 1.68 bits per heavy atom. The Kier molecular flexibility index (Phi) is 4.60. The molecule has 0 spiro atoms. The van der Waals surface area contributed by atoms with Crippen LogP contribution in [0.1, 0.15) is 11.1 Å². The van der Waals surface area contributed by atoms with Gasteiger partial charge in [-0.1, -0.05) is 54.6 Å². The first-order chi connectivity index (χ1) is 13.6. The zero-order chi connectivity index (χ0) is 19.5. The van der Waals surface area contributed by atoms with E-state index in [0.29, 0.717) is 16.8 Å². The van der Waals surface area contributed by atoms with Crippen LogP contribution >= 0.6 is 0 Å². The number of hydrazone groups is 1. The third-order valence-electron chi connectivity index (χ3n) is 4.23. The average Bonchev–Trinajstić information content (AvgIpc) is 3.04. The molecular formula is C22H17N3O3. The Morgan fingerprint density at radius 1 is 1.00 bits per heavy atom. The monoisotopic (exact) mass is 371 g/mol. The second kappa shape index (κ2) is 7.36. The van der Waals surface area contributed by atoms with Gasteiger partial charge in [-0.25, -0.2) is 9.59 Å². The summed E-state index contributed by atoms with van der Waals surface area (Å²) in [6.45, 7) is 1.88. The van der Waals surface area contributed by atoms with Crippen molar-refractivity contribution in [2.24, 2.45) is 5.10 Å². The molecule has 0 saturated heterocycles. The fourth-order valence-electron chi connectivity index (χ4n) is 2.86. The van der Waals surface area contributed by atoms with Gasteiger partial charge in [0.25, 0.3) is 0 Å². The molecule has 3 aromatic carbocycles. The molecule has 138 valence electrons. The van der Waals surface area contributed by atoms with Gasteiger partial charge < -0.3 is 4.42 Å². The fraction of sp³-hybridized carbons (Fsp3) is 0.0455. The van der Waals surface area contributed by atoms with Gasteiger partial charge in [-0.2, -0.15) is 14.7 Å². The van der Waals surface area contributed by atoms with Crippen LogP contribution in [0.4, 0.5) is 10.5 Å². The maximum atomic E-state index is 13.3. The van der Waals surface area contributed by atoms with E-state index in [0.717, 1.165) is 15.7 Å².